The van der Waals surface area contributed by atoms with Gasteiger partial charge in [0.2, 0.25) is 0 Å². The summed E-state index contributed by atoms with van der Waals surface area (Å²) in [5.74, 6) is -0.0175. The lowest BCUT2D eigenvalue weighted by atomic mass is 10.0. The van der Waals surface area contributed by atoms with Gasteiger partial charge in [0.1, 0.15) is 0 Å². The van der Waals surface area contributed by atoms with Crippen LogP contribution < -0.4 is 10.5 Å². The molecule has 0 aromatic heterocycles. The second kappa shape index (κ2) is 5.47. The van der Waals surface area contributed by atoms with Gasteiger partial charge in [-0.3, -0.25) is 4.90 Å². The van der Waals surface area contributed by atoms with E-state index >= 15 is 0 Å². The van der Waals surface area contributed by atoms with Crippen LogP contribution in [0.3, 0.4) is 0 Å². The zero-order valence-electron chi connectivity index (χ0n) is 11.0. The van der Waals surface area contributed by atoms with Gasteiger partial charge in [-0.2, -0.15) is 0 Å². The molecular formula is C13H21FN2O. The first-order chi connectivity index (χ1) is 7.92. The minimum atomic E-state index is -0.297. The van der Waals surface area contributed by atoms with E-state index < -0.39 is 0 Å². The van der Waals surface area contributed by atoms with E-state index in [4.69, 9.17) is 10.5 Å². The number of hydrogen-bond donors (Lipinski definition) is 1. The van der Waals surface area contributed by atoms with Crippen molar-refractivity contribution in [1.29, 1.82) is 0 Å². The Hall–Kier alpha value is -1.13. The molecule has 0 aliphatic carbocycles. The molecule has 0 amide bonds. The van der Waals surface area contributed by atoms with Crippen LogP contribution in [0.2, 0.25) is 0 Å². The maximum atomic E-state index is 13.9. The molecule has 1 aromatic rings. The molecule has 0 spiro atoms. The summed E-state index contributed by atoms with van der Waals surface area (Å²) in [6.45, 7) is 5.10. The van der Waals surface area contributed by atoms with Gasteiger partial charge < -0.3 is 10.5 Å². The number of benzene rings is 1. The van der Waals surface area contributed by atoms with E-state index in [0.717, 1.165) is 0 Å². The van der Waals surface area contributed by atoms with Gasteiger partial charge >= 0.3 is 0 Å². The van der Waals surface area contributed by atoms with Crippen molar-refractivity contribution in [3.8, 4) is 5.75 Å². The van der Waals surface area contributed by atoms with Crippen molar-refractivity contribution in [2.24, 2.45) is 5.73 Å². The van der Waals surface area contributed by atoms with Gasteiger partial charge in [-0.05, 0) is 27.0 Å². The third-order valence-corrected chi connectivity index (χ3v) is 3.20. The molecule has 96 valence electrons. The predicted molar refractivity (Wildman–Crippen MR) is 67.6 cm³/mol. The van der Waals surface area contributed by atoms with E-state index in [1.807, 2.05) is 25.8 Å². The SMILES string of the molecule is COc1cccc(CN(C)C(C)(C)CN)c1F. The van der Waals surface area contributed by atoms with Crippen LogP contribution in [0.25, 0.3) is 0 Å². The normalized spacial score (nSPS) is 11.9. The standard InChI is InChI=1S/C13H21FN2O/c1-13(2,9-15)16(3)8-10-6-5-7-11(17-4)12(10)14/h5-7H,8-9,15H2,1-4H3. The van der Waals surface area contributed by atoms with Crippen molar-refractivity contribution >= 4 is 0 Å². The molecule has 1 aromatic carbocycles. The van der Waals surface area contributed by atoms with E-state index in [1.54, 1.807) is 18.2 Å². The first kappa shape index (κ1) is 13.9. The molecule has 17 heavy (non-hydrogen) atoms. The molecule has 0 aliphatic rings. The fourth-order valence-corrected chi connectivity index (χ4v) is 1.46. The van der Waals surface area contributed by atoms with Crippen molar-refractivity contribution < 1.29 is 9.13 Å². The second-order valence-corrected chi connectivity index (χ2v) is 4.81. The molecule has 0 atom stereocenters. The Balaban J connectivity index is 2.89. The lowest BCUT2D eigenvalue weighted by Gasteiger charge is -2.34. The lowest BCUT2D eigenvalue weighted by Crippen LogP contribution is -2.46. The van der Waals surface area contributed by atoms with Crippen LogP contribution in [-0.2, 0) is 6.54 Å². The summed E-state index contributed by atoms with van der Waals surface area (Å²) < 4.78 is 18.9. The molecule has 0 radical (unpaired) electrons. The largest absolute Gasteiger partial charge is 0.494 e. The predicted octanol–water partition coefficient (Wildman–Crippen LogP) is 2.00. The Morgan fingerprint density at radius 1 is 1.41 bits per heavy atom. The highest BCUT2D eigenvalue weighted by Gasteiger charge is 2.22. The van der Waals surface area contributed by atoms with Gasteiger partial charge in [-0.25, -0.2) is 4.39 Å². The maximum absolute atomic E-state index is 13.9. The first-order valence-corrected chi connectivity index (χ1v) is 5.65. The average Bonchev–Trinajstić information content (AvgIpc) is 2.31. The number of halogens is 1. The molecule has 4 heteroatoms. The highest BCUT2D eigenvalue weighted by atomic mass is 19.1. The zero-order chi connectivity index (χ0) is 13.1. The van der Waals surface area contributed by atoms with Crippen LogP contribution >= 0.6 is 0 Å². The molecule has 0 bridgehead atoms. The smallest absolute Gasteiger partial charge is 0.169 e. The average molecular weight is 240 g/mol. The van der Waals surface area contributed by atoms with E-state index in [-0.39, 0.29) is 17.1 Å². The van der Waals surface area contributed by atoms with E-state index in [9.17, 15) is 4.39 Å². The van der Waals surface area contributed by atoms with E-state index in [0.29, 0.717) is 18.7 Å². The lowest BCUT2D eigenvalue weighted by molar-refractivity contribution is 0.153. The van der Waals surface area contributed by atoms with Crippen LogP contribution in [-0.4, -0.2) is 31.1 Å². The zero-order valence-corrected chi connectivity index (χ0v) is 11.0. The van der Waals surface area contributed by atoms with Gasteiger partial charge in [0, 0.05) is 24.2 Å². The van der Waals surface area contributed by atoms with Crippen molar-refractivity contribution in [2.75, 3.05) is 20.7 Å². The van der Waals surface area contributed by atoms with Crippen LogP contribution in [0.5, 0.6) is 5.75 Å². The number of likely N-dealkylation sites (N-methyl/N-ethyl adjacent to an activating group) is 1. The molecule has 0 saturated heterocycles. The third-order valence-electron chi connectivity index (χ3n) is 3.20. The number of ether oxygens (including phenoxy) is 1. The van der Waals surface area contributed by atoms with E-state index in [1.165, 1.54) is 7.11 Å². The topological polar surface area (TPSA) is 38.5 Å². The van der Waals surface area contributed by atoms with Crippen LogP contribution in [0, 0.1) is 5.82 Å². The highest BCUT2D eigenvalue weighted by Crippen LogP contribution is 2.23. The summed E-state index contributed by atoms with van der Waals surface area (Å²) in [4.78, 5) is 2.03. The van der Waals surface area contributed by atoms with Crippen molar-refractivity contribution in [3.63, 3.8) is 0 Å². The van der Waals surface area contributed by atoms with Crippen molar-refractivity contribution in [2.45, 2.75) is 25.9 Å². The summed E-state index contributed by atoms with van der Waals surface area (Å²) in [5.41, 5.74) is 6.16. The Kier molecular flexibility index (Phi) is 4.48. The van der Waals surface area contributed by atoms with Gasteiger partial charge in [0.15, 0.2) is 11.6 Å². The summed E-state index contributed by atoms with van der Waals surface area (Å²) in [6.07, 6.45) is 0. The molecule has 3 nitrogen and oxygen atoms in total. The van der Waals surface area contributed by atoms with Crippen LogP contribution in [0.4, 0.5) is 4.39 Å². The van der Waals surface area contributed by atoms with Gasteiger partial charge in [0.05, 0.1) is 7.11 Å². The van der Waals surface area contributed by atoms with Crippen LogP contribution in [0.15, 0.2) is 18.2 Å². The third kappa shape index (κ3) is 3.17. The molecule has 2 N–H and O–H groups in total. The Morgan fingerprint density at radius 2 is 2.06 bits per heavy atom. The summed E-state index contributed by atoms with van der Waals surface area (Å²) in [7, 11) is 3.40. The van der Waals surface area contributed by atoms with Gasteiger partial charge in [-0.15, -0.1) is 0 Å². The monoisotopic (exact) mass is 240 g/mol. The molecule has 0 saturated carbocycles. The number of methoxy groups -OCH3 is 1. The molecular weight excluding hydrogens is 219 g/mol. The van der Waals surface area contributed by atoms with Crippen molar-refractivity contribution in [1.82, 2.24) is 4.90 Å². The summed E-state index contributed by atoms with van der Waals surface area (Å²) in [5, 5.41) is 0. The Labute approximate surface area is 102 Å². The highest BCUT2D eigenvalue weighted by molar-refractivity contribution is 5.31. The number of nitrogens with zero attached hydrogens (tertiary/aromatic N) is 1. The molecule has 0 heterocycles. The molecule has 0 unspecified atom stereocenters. The Morgan fingerprint density at radius 3 is 2.59 bits per heavy atom. The fraction of sp³-hybridized carbons (Fsp3) is 0.538. The van der Waals surface area contributed by atoms with Gasteiger partial charge in [0.25, 0.3) is 0 Å². The van der Waals surface area contributed by atoms with Crippen molar-refractivity contribution in [3.05, 3.63) is 29.6 Å². The molecule has 1 rings (SSSR count). The number of nitrogens with two attached hydrogens (primary N) is 1. The minimum absolute atomic E-state index is 0.157. The Bertz CT molecular complexity index is 380. The maximum Gasteiger partial charge on any atom is 0.169 e. The molecule has 0 aliphatic heterocycles. The second-order valence-electron chi connectivity index (χ2n) is 4.81. The number of hydrogen-bond acceptors (Lipinski definition) is 3. The minimum Gasteiger partial charge on any atom is -0.494 e. The first-order valence-electron chi connectivity index (χ1n) is 5.65. The quantitative estimate of drug-likeness (QED) is 0.855. The molecule has 0 fully saturated rings. The van der Waals surface area contributed by atoms with E-state index in [2.05, 4.69) is 0 Å². The fourth-order valence-electron chi connectivity index (χ4n) is 1.46. The summed E-state index contributed by atoms with van der Waals surface area (Å²) >= 11 is 0. The van der Waals surface area contributed by atoms with Gasteiger partial charge in [-0.1, -0.05) is 12.1 Å². The summed E-state index contributed by atoms with van der Waals surface area (Å²) in [6, 6.07) is 5.17. The number of rotatable bonds is 5. The van der Waals surface area contributed by atoms with Crippen LogP contribution in [0.1, 0.15) is 19.4 Å².